The highest BCUT2D eigenvalue weighted by molar-refractivity contribution is 9.10. The average Bonchev–Trinajstić information content (AvgIpc) is 3.96. The second kappa shape index (κ2) is 17.5. The van der Waals surface area contributed by atoms with Crippen molar-refractivity contribution in [1.82, 2.24) is 29.8 Å². The van der Waals surface area contributed by atoms with Crippen LogP contribution in [0.3, 0.4) is 0 Å². The second-order valence-electron chi connectivity index (χ2n) is 14.3. The van der Waals surface area contributed by atoms with Crippen molar-refractivity contribution in [2.75, 3.05) is 13.7 Å². The number of rotatable bonds is 15. The standard InChI is InChI=1S/C47H42BrClN6O4/c1-4-5-25-40-50-44(49)43(46(56)59-31(2)29-57-3)54(40)28-38-35-26-27-58-30-39(35)42(48)41(38)36-23-15-16-24-37(36)45-51-53-55(52-45)47(32-17-9-6-10-18-32,33-19-11-7-12-20-33)34-21-13-8-14-22-34/h6-24,26-27,30-31H,4-5,25,28-29H2,1-3H3. The van der Waals surface area contributed by atoms with Gasteiger partial charge in [0.2, 0.25) is 5.82 Å². The van der Waals surface area contributed by atoms with E-state index in [9.17, 15) is 4.79 Å². The highest BCUT2D eigenvalue weighted by Crippen LogP contribution is 2.49. The molecule has 2 aliphatic rings. The summed E-state index contributed by atoms with van der Waals surface area (Å²) in [5.74, 6) is 0.560. The van der Waals surface area contributed by atoms with Gasteiger partial charge in [-0.3, -0.25) is 0 Å². The van der Waals surface area contributed by atoms with Crippen LogP contribution < -0.4 is 0 Å². The minimum atomic E-state index is -0.951. The third-order valence-electron chi connectivity index (χ3n) is 10.6. The van der Waals surface area contributed by atoms with Gasteiger partial charge >= 0.3 is 5.97 Å². The average molecular weight is 870 g/mol. The molecule has 298 valence electrons. The van der Waals surface area contributed by atoms with Crippen LogP contribution in [0.25, 0.3) is 33.6 Å². The summed E-state index contributed by atoms with van der Waals surface area (Å²) in [6.45, 7) is 4.40. The van der Waals surface area contributed by atoms with Crippen molar-refractivity contribution in [1.29, 1.82) is 0 Å². The monoisotopic (exact) mass is 868 g/mol. The number of unbranched alkanes of at least 4 members (excludes halogenated alkanes) is 1. The Morgan fingerprint density at radius 2 is 1.46 bits per heavy atom. The fraction of sp³-hybridized carbons (Fsp3) is 0.213. The molecule has 0 N–H and O–H groups in total. The number of tetrazole rings is 1. The molecule has 0 amide bonds. The molecule has 8 rings (SSSR count). The molecule has 3 heterocycles. The Morgan fingerprint density at radius 3 is 2.07 bits per heavy atom. The first-order valence-corrected chi connectivity index (χ1v) is 20.7. The Labute approximate surface area is 356 Å². The lowest BCUT2D eigenvalue weighted by Gasteiger charge is -2.34. The van der Waals surface area contributed by atoms with Crippen LogP contribution in [0.15, 0.2) is 143 Å². The van der Waals surface area contributed by atoms with Crippen molar-refractivity contribution in [2.24, 2.45) is 0 Å². The summed E-state index contributed by atoms with van der Waals surface area (Å²) in [6, 6.07) is 40.7. The van der Waals surface area contributed by atoms with Gasteiger partial charge in [-0.05, 0) is 73.9 Å². The van der Waals surface area contributed by atoms with Crippen molar-refractivity contribution in [3.05, 3.63) is 177 Å². The highest BCUT2D eigenvalue weighted by atomic mass is 79.9. The van der Waals surface area contributed by atoms with Gasteiger partial charge in [0, 0.05) is 34.7 Å². The highest BCUT2D eigenvalue weighted by Gasteiger charge is 2.41. The zero-order chi connectivity index (χ0) is 40.9. The van der Waals surface area contributed by atoms with Crippen LogP contribution >= 0.6 is 27.5 Å². The number of carbonyl (C=O) groups excluding carboxylic acids is 1. The third kappa shape index (κ3) is 7.50. The molecule has 0 saturated carbocycles. The molecule has 1 aliphatic heterocycles. The molecule has 0 spiro atoms. The Balaban J connectivity index is 1.31. The Bertz CT molecular complexity index is 2550. The number of methoxy groups -OCH3 is 1. The summed E-state index contributed by atoms with van der Waals surface area (Å²) in [4.78, 5) is 20.3. The molecule has 0 fully saturated rings. The summed E-state index contributed by atoms with van der Waals surface area (Å²) >= 11 is 10.8. The summed E-state index contributed by atoms with van der Waals surface area (Å²) in [5, 5.41) is 15.0. The largest absolute Gasteiger partial charge is 0.472 e. The van der Waals surface area contributed by atoms with Gasteiger partial charge in [-0.2, -0.15) is 0 Å². The van der Waals surface area contributed by atoms with Crippen LogP contribution in [0.4, 0.5) is 0 Å². The zero-order valence-electron chi connectivity index (χ0n) is 32.9. The van der Waals surface area contributed by atoms with Gasteiger partial charge in [-0.15, -0.1) is 15.0 Å². The van der Waals surface area contributed by atoms with Gasteiger partial charge < -0.3 is 18.5 Å². The van der Waals surface area contributed by atoms with E-state index in [2.05, 4.69) is 65.3 Å². The molecule has 12 heteroatoms. The van der Waals surface area contributed by atoms with E-state index in [4.69, 9.17) is 45.9 Å². The number of fused-ring (bicyclic) bond motifs is 1. The van der Waals surface area contributed by atoms with Crippen LogP contribution in [0, 0.1) is 0 Å². The number of hydrogen-bond acceptors (Lipinski definition) is 8. The van der Waals surface area contributed by atoms with Gasteiger partial charge in [0.25, 0.3) is 0 Å². The van der Waals surface area contributed by atoms with Crippen molar-refractivity contribution < 1.29 is 18.7 Å². The molecule has 0 saturated heterocycles. The lowest BCUT2D eigenvalue weighted by Crippen LogP contribution is -2.39. The maximum Gasteiger partial charge on any atom is 0.358 e. The van der Waals surface area contributed by atoms with Gasteiger partial charge in [-0.1, -0.05) is 140 Å². The topological polar surface area (TPSA) is 110 Å². The number of nitrogens with zero attached hydrogens (tertiary/aromatic N) is 6. The fourth-order valence-electron chi connectivity index (χ4n) is 7.92. The van der Waals surface area contributed by atoms with Crippen molar-refractivity contribution >= 4 is 33.5 Å². The van der Waals surface area contributed by atoms with Crippen molar-refractivity contribution in [2.45, 2.75) is 51.3 Å². The first kappa shape index (κ1) is 39.9. The van der Waals surface area contributed by atoms with Crippen molar-refractivity contribution in [3.63, 3.8) is 0 Å². The number of hydrogen-bond donors (Lipinski definition) is 0. The smallest absolute Gasteiger partial charge is 0.358 e. The molecule has 10 nitrogen and oxygen atoms in total. The molecule has 0 bridgehead atoms. The van der Waals surface area contributed by atoms with E-state index < -0.39 is 17.6 Å². The molecule has 1 aliphatic carbocycles. The number of benzene rings is 4. The predicted molar refractivity (Wildman–Crippen MR) is 232 cm³/mol. The van der Waals surface area contributed by atoms with E-state index >= 15 is 0 Å². The molecule has 6 aromatic rings. The van der Waals surface area contributed by atoms with Gasteiger partial charge in [0.05, 0.1) is 25.7 Å². The number of imidazole rings is 1. The molecule has 1 atom stereocenters. The van der Waals surface area contributed by atoms with E-state index in [1.807, 2.05) is 83.4 Å². The van der Waals surface area contributed by atoms with E-state index in [1.165, 1.54) is 0 Å². The zero-order valence-corrected chi connectivity index (χ0v) is 35.2. The van der Waals surface area contributed by atoms with E-state index in [0.717, 1.165) is 67.4 Å². The fourth-order valence-corrected chi connectivity index (χ4v) is 8.95. The number of esters is 1. The molecule has 1 unspecified atom stereocenters. The first-order chi connectivity index (χ1) is 28.9. The summed E-state index contributed by atoms with van der Waals surface area (Å²) in [6.07, 6.45) is 5.30. The summed E-state index contributed by atoms with van der Waals surface area (Å²) in [5.41, 5.74) is 7.39. The first-order valence-electron chi connectivity index (χ1n) is 19.5. The van der Waals surface area contributed by atoms with E-state index in [1.54, 1.807) is 31.4 Å². The van der Waals surface area contributed by atoms with E-state index in [-0.39, 0.29) is 24.0 Å². The van der Waals surface area contributed by atoms with Crippen LogP contribution in [0.2, 0.25) is 5.15 Å². The van der Waals surface area contributed by atoms with Gasteiger partial charge in [0.15, 0.2) is 16.4 Å². The van der Waals surface area contributed by atoms with Gasteiger partial charge in [0.1, 0.15) is 11.9 Å². The third-order valence-corrected chi connectivity index (χ3v) is 11.7. The molecule has 2 aromatic heterocycles. The summed E-state index contributed by atoms with van der Waals surface area (Å²) in [7, 11) is 1.57. The number of carbonyl (C=O) groups is 1. The number of halogens is 2. The summed E-state index contributed by atoms with van der Waals surface area (Å²) < 4.78 is 19.5. The Kier molecular flexibility index (Phi) is 11.9. The number of aryl methyl sites for hydroxylation is 1. The van der Waals surface area contributed by atoms with Crippen LogP contribution in [0.1, 0.15) is 65.3 Å². The minimum Gasteiger partial charge on any atom is -0.472 e. The van der Waals surface area contributed by atoms with Gasteiger partial charge in [-0.25, -0.2) is 9.78 Å². The molecular weight excluding hydrogens is 828 g/mol. The van der Waals surface area contributed by atoms with Crippen LogP contribution in [0.5, 0.6) is 0 Å². The maximum absolute atomic E-state index is 13.8. The van der Waals surface area contributed by atoms with Crippen LogP contribution in [-0.4, -0.2) is 55.5 Å². The lowest BCUT2D eigenvalue weighted by molar-refractivity contribution is 0.0110. The lowest BCUT2D eigenvalue weighted by atomic mass is 9.77. The normalized spacial score (nSPS) is 12.2. The quantitative estimate of drug-likeness (QED) is 0.0740. The Morgan fingerprint density at radius 1 is 0.847 bits per heavy atom. The number of ether oxygens (including phenoxy) is 2. The predicted octanol–water partition coefficient (Wildman–Crippen LogP) is 10.7. The Hall–Kier alpha value is -5.88. The van der Waals surface area contributed by atoms with Crippen molar-refractivity contribution in [3.8, 4) is 33.6 Å². The molecule has 4 aromatic carbocycles. The SMILES string of the molecule is CCCCc1nc(Cl)c(C(=O)OC(C)COC)n1Cc1c2ccocc-2c(Br)c1-c1ccccc1-c1nnn(C(c2ccccc2)(c2ccccc2)c2ccccc2)n1. The van der Waals surface area contributed by atoms with Crippen LogP contribution in [-0.2, 0) is 28.0 Å². The second-order valence-corrected chi connectivity index (χ2v) is 15.5. The molecule has 0 radical (unpaired) electrons. The van der Waals surface area contributed by atoms with E-state index in [0.29, 0.717) is 18.1 Å². The molecule has 59 heavy (non-hydrogen) atoms. The maximum atomic E-state index is 13.8. The molecular formula is C47H42BrClN6O4. The minimum absolute atomic E-state index is 0.0946. The number of aromatic nitrogens is 6.